The molecule has 1 atom stereocenters. The molecule has 0 heterocycles. The summed E-state index contributed by atoms with van der Waals surface area (Å²) in [4.78, 5) is 14.0. The summed E-state index contributed by atoms with van der Waals surface area (Å²) in [7, 11) is 3.43. The van der Waals surface area contributed by atoms with Gasteiger partial charge in [-0.05, 0) is 37.8 Å². The molecular weight excluding hydrogens is 266 g/mol. The van der Waals surface area contributed by atoms with Crippen LogP contribution in [0.25, 0.3) is 0 Å². The minimum absolute atomic E-state index is 0.0116. The Morgan fingerprint density at radius 3 is 2.62 bits per heavy atom. The summed E-state index contributed by atoms with van der Waals surface area (Å²) in [6, 6.07) is 8.18. The Bertz CT molecular complexity index is 433. The van der Waals surface area contributed by atoms with Gasteiger partial charge in [-0.2, -0.15) is 0 Å². The van der Waals surface area contributed by atoms with Crippen molar-refractivity contribution in [3.05, 3.63) is 29.8 Å². The van der Waals surface area contributed by atoms with E-state index in [-0.39, 0.29) is 11.9 Å². The Morgan fingerprint density at radius 1 is 1.33 bits per heavy atom. The standard InChI is InChI=1S/C16H27N3O2/c1-5-19(6-2)15(11-18-16(20)12-17-3)13-8-7-9-14(10-13)21-4/h7-10,15,17H,5-6,11-12H2,1-4H3,(H,18,20). The number of hydrogen-bond acceptors (Lipinski definition) is 4. The molecule has 0 aliphatic heterocycles. The minimum atomic E-state index is 0.0116. The molecule has 0 aliphatic carbocycles. The molecule has 1 aromatic rings. The smallest absolute Gasteiger partial charge is 0.234 e. The Kier molecular flexibility index (Phi) is 7.79. The molecule has 2 N–H and O–H groups in total. The third-order valence-corrected chi connectivity index (χ3v) is 3.56. The minimum Gasteiger partial charge on any atom is -0.497 e. The van der Waals surface area contributed by atoms with E-state index in [0.29, 0.717) is 13.1 Å². The van der Waals surface area contributed by atoms with Crippen LogP contribution in [-0.4, -0.2) is 51.1 Å². The normalized spacial score (nSPS) is 12.2. The third-order valence-electron chi connectivity index (χ3n) is 3.56. The predicted octanol–water partition coefficient (Wildman–Crippen LogP) is 1.41. The lowest BCUT2D eigenvalue weighted by atomic mass is 10.0. The number of rotatable bonds is 9. The average molecular weight is 293 g/mol. The Hall–Kier alpha value is -1.59. The summed E-state index contributed by atoms with van der Waals surface area (Å²) in [6.45, 7) is 7.05. The molecule has 0 saturated carbocycles. The molecule has 1 unspecified atom stereocenters. The van der Waals surface area contributed by atoms with Crippen molar-refractivity contribution in [1.82, 2.24) is 15.5 Å². The van der Waals surface area contributed by atoms with Gasteiger partial charge in [0.1, 0.15) is 5.75 Å². The van der Waals surface area contributed by atoms with Crippen molar-refractivity contribution in [3.63, 3.8) is 0 Å². The fourth-order valence-electron chi connectivity index (χ4n) is 2.40. The van der Waals surface area contributed by atoms with Crippen molar-refractivity contribution < 1.29 is 9.53 Å². The number of nitrogens with zero attached hydrogens (tertiary/aromatic N) is 1. The quantitative estimate of drug-likeness (QED) is 0.723. The zero-order valence-corrected chi connectivity index (χ0v) is 13.5. The van der Waals surface area contributed by atoms with Gasteiger partial charge in [-0.1, -0.05) is 26.0 Å². The van der Waals surface area contributed by atoms with E-state index >= 15 is 0 Å². The van der Waals surface area contributed by atoms with Crippen LogP contribution in [0.1, 0.15) is 25.5 Å². The summed E-state index contributed by atoms with van der Waals surface area (Å²) in [6.07, 6.45) is 0. The lowest BCUT2D eigenvalue weighted by Gasteiger charge is -2.30. The SMILES string of the molecule is CCN(CC)C(CNC(=O)CNC)c1cccc(OC)c1. The highest BCUT2D eigenvalue weighted by atomic mass is 16.5. The number of likely N-dealkylation sites (N-methyl/N-ethyl adjacent to an activating group) is 2. The topological polar surface area (TPSA) is 53.6 Å². The largest absolute Gasteiger partial charge is 0.497 e. The van der Waals surface area contributed by atoms with Crippen molar-refractivity contribution in [2.45, 2.75) is 19.9 Å². The van der Waals surface area contributed by atoms with Gasteiger partial charge in [-0.3, -0.25) is 9.69 Å². The van der Waals surface area contributed by atoms with Crippen LogP contribution in [0, 0.1) is 0 Å². The van der Waals surface area contributed by atoms with Gasteiger partial charge in [0.25, 0.3) is 0 Å². The maximum atomic E-state index is 11.7. The first-order valence-electron chi connectivity index (χ1n) is 7.45. The monoisotopic (exact) mass is 293 g/mol. The molecule has 1 amide bonds. The molecule has 0 fully saturated rings. The molecular formula is C16H27N3O2. The van der Waals surface area contributed by atoms with Gasteiger partial charge in [0.05, 0.1) is 19.7 Å². The first-order valence-corrected chi connectivity index (χ1v) is 7.45. The van der Waals surface area contributed by atoms with E-state index < -0.39 is 0 Å². The van der Waals surface area contributed by atoms with Gasteiger partial charge in [-0.25, -0.2) is 0 Å². The fourth-order valence-corrected chi connectivity index (χ4v) is 2.40. The van der Waals surface area contributed by atoms with Crippen LogP contribution < -0.4 is 15.4 Å². The van der Waals surface area contributed by atoms with Gasteiger partial charge in [-0.15, -0.1) is 0 Å². The summed E-state index contributed by atoms with van der Waals surface area (Å²) < 4.78 is 5.30. The van der Waals surface area contributed by atoms with E-state index in [1.165, 1.54) is 0 Å². The Balaban J connectivity index is 2.87. The lowest BCUT2D eigenvalue weighted by molar-refractivity contribution is -0.120. The number of hydrogen-bond donors (Lipinski definition) is 2. The molecule has 118 valence electrons. The van der Waals surface area contributed by atoms with Crippen LogP contribution in [-0.2, 0) is 4.79 Å². The summed E-state index contributed by atoms with van der Waals surface area (Å²) >= 11 is 0. The molecule has 0 aliphatic rings. The number of carbonyl (C=O) groups excluding carboxylic acids is 1. The van der Waals surface area contributed by atoms with Crippen molar-refractivity contribution in [1.29, 1.82) is 0 Å². The third kappa shape index (κ3) is 5.36. The summed E-state index contributed by atoms with van der Waals surface area (Å²) in [5.41, 5.74) is 1.16. The van der Waals surface area contributed by atoms with Crippen LogP contribution in [0.3, 0.4) is 0 Å². The molecule has 0 spiro atoms. The van der Waals surface area contributed by atoms with E-state index in [1.54, 1.807) is 14.2 Å². The van der Waals surface area contributed by atoms with Crippen molar-refractivity contribution >= 4 is 5.91 Å². The van der Waals surface area contributed by atoms with E-state index in [9.17, 15) is 4.79 Å². The Labute approximate surface area is 127 Å². The first kappa shape index (κ1) is 17.5. The van der Waals surface area contributed by atoms with E-state index in [1.807, 2.05) is 18.2 Å². The van der Waals surface area contributed by atoms with Crippen LogP contribution in [0.15, 0.2) is 24.3 Å². The molecule has 5 nitrogen and oxygen atoms in total. The second kappa shape index (κ2) is 9.37. The second-order valence-corrected chi connectivity index (χ2v) is 4.85. The highest BCUT2D eigenvalue weighted by Crippen LogP contribution is 2.23. The fraction of sp³-hybridized carbons (Fsp3) is 0.562. The van der Waals surface area contributed by atoms with Crippen molar-refractivity contribution in [2.75, 3.05) is 40.3 Å². The van der Waals surface area contributed by atoms with Gasteiger partial charge in [0.2, 0.25) is 5.91 Å². The number of benzene rings is 1. The van der Waals surface area contributed by atoms with Crippen molar-refractivity contribution in [3.8, 4) is 5.75 Å². The van der Waals surface area contributed by atoms with Crippen LogP contribution in [0.2, 0.25) is 0 Å². The van der Waals surface area contributed by atoms with Gasteiger partial charge >= 0.3 is 0 Å². The number of methoxy groups -OCH3 is 1. The molecule has 21 heavy (non-hydrogen) atoms. The maximum absolute atomic E-state index is 11.7. The predicted molar refractivity (Wildman–Crippen MR) is 85.6 cm³/mol. The molecule has 0 saturated heterocycles. The van der Waals surface area contributed by atoms with Gasteiger partial charge in [0, 0.05) is 6.54 Å². The number of ether oxygens (including phenoxy) is 1. The van der Waals surface area contributed by atoms with E-state index in [0.717, 1.165) is 24.4 Å². The first-order chi connectivity index (χ1) is 10.2. The van der Waals surface area contributed by atoms with Gasteiger partial charge < -0.3 is 15.4 Å². The number of nitrogens with one attached hydrogen (secondary N) is 2. The highest BCUT2D eigenvalue weighted by molar-refractivity contribution is 5.77. The van der Waals surface area contributed by atoms with E-state index in [2.05, 4.69) is 35.4 Å². The lowest BCUT2D eigenvalue weighted by Crippen LogP contribution is -2.40. The van der Waals surface area contributed by atoms with Crippen LogP contribution in [0.4, 0.5) is 0 Å². The molecule has 5 heteroatoms. The second-order valence-electron chi connectivity index (χ2n) is 4.85. The summed E-state index contributed by atoms with van der Waals surface area (Å²) in [5, 5.41) is 5.85. The highest BCUT2D eigenvalue weighted by Gasteiger charge is 2.19. The van der Waals surface area contributed by atoms with Gasteiger partial charge in [0.15, 0.2) is 0 Å². The van der Waals surface area contributed by atoms with Crippen molar-refractivity contribution in [2.24, 2.45) is 0 Å². The number of amides is 1. The van der Waals surface area contributed by atoms with Crippen LogP contribution in [0.5, 0.6) is 5.75 Å². The number of carbonyl (C=O) groups is 1. The zero-order chi connectivity index (χ0) is 15.7. The molecule has 0 radical (unpaired) electrons. The molecule has 0 bridgehead atoms. The van der Waals surface area contributed by atoms with E-state index in [4.69, 9.17) is 4.74 Å². The maximum Gasteiger partial charge on any atom is 0.234 e. The zero-order valence-electron chi connectivity index (χ0n) is 13.5. The molecule has 1 rings (SSSR count). The average Bonchev–Trinajstić information content (AvgIpc) is 2.51. The Morgan fingerprint density at radius 2 is 2.05 bits per heavy atom. The molecule has 1 aromatic carbocycles. The molecule has 0 aromatic heterocycles. The summed E-state index contributed by atoms with van der Waals surface area (Å²) in [5.74, 6) is 0.851. The van der Waals surface area contributed by atoms with Crippen LogP contribution >= 0.6 is 0 Å².